The average Bonchev–Trinajstić information content (AvgIpc) is 3.27. The predicted octanol–water partition coefficient (Wildman–Crippen LogP) is 6.13. The SMILES string of the molecule is COc1cccc([C@H]2CN(Cc3ccc(F)c(F)c3)C[C@H]2CN(CC(C)C)C(=O)c2ccc(F)cc2)c1. The van der Waals surface area contributed by atoms with Crippen LogP contribution in [0.25, 0.3) is 0 Å². The lowest BCUT2D eigenvalue weighted by molar-refractivity contribution is 0.0703. The van der Waals surface area contributed by atoms with Crippen LogP contribution < -0.4 is 4.74 Å². The van der Waals surface area contributed by atoms with E-state index in [9.17, 15) is 18.0 Å². The Morgan fingerprint density at radius 2 is 1.76 bits per heavy atom. The Balaban J connectivity index is 1.60. The highest BCUT2D eigenvalue weighted by molar-refractivity contribution is 5.94. The summed E-state index contributed by atoms with van der Waals surface area (Å²) in [5.74, 6) is -1.01. The van der Waals surface area contributed by atoms with E-state index in [1.807, 2.05) is 23.1 Å². The molecule has 0 aromatic heterocycles. The standard InChI is InChI=1S/C30H33F3N2O2/c1-20(2)15-35(30(36)22-8-10-25(31)11-9-22)18-24-17-34(16-21-7-12-28(32)29(33)13-21)19-27(24)23-5-4-6-26(14-23)37-3/h4-14,20,24,27H,15-19H2,1-3H3/t24-,27+/m0/s1. The summed E-state index contributed by atoms with van der Waals surface area (Å²) < 4.78 is 46.2. The van der Waals surface area contributed by atoms with Gasteiger partial charge in [0.1, 0.15) is 11.6 Å². The minimum atomic E-state index is -0.860. The molecule has 1 saturated heterocycles. The largest absolute Gasteiger partial charge is 0.497 e. The number of likely N-dealkylation sites (tertiary alicyclic amines) is 1. The van der Waals surface area contributed by atoms with Gasteiger partial charge < -0.3 is 9.64 Å². The van der Waals surface area contributed by atoms with Gasteiger partial charge in [-0.15, -0.1) is 0 Å². The van der Waals surface area contributed by atoms with E-state index in [0.29, 0.717) is 43.9 Å². The lowest BCUT2D eigenvalue weighted by atomic mass is 9.88. The minimum absolute atomic E-state index is 0.0977. The molecule has 0 N–H and O–H groups in total. The molecule has 3 aromatic carbocycles. The zero-order valence-electron chi connectivity index (χ0n) is 21.5. The summed E-state index contributed by atoms with van der Waals surface area (Å²) in [5, 5.41) is 0. The number of halogens is 3. The van der Waals surface area contributed by atoms with E-state index in [1.165, 1.54) is 30.3 Å². The quantitative estimate of drug-likeness (QED) is 0.347. The third kappa shape index (κ3) is 6.72. The summed E-state index contributed by atoms with van der Waals surface area (Å²) in [5.41, 5.74) is 2.26. The summed E-state index contributed by atoms with van der Waals surface area (Å²) in [6.07, 6.45) is 0. The molecule has 3 aromatic rings. The van der Waals surface area contributed by atoms with Gasteiger partial charge in [-0.3, -0.25) is 9.69 Å². The molecular weight excluding hydrogens is 477 g/mol. The van der Waals surface area contributed by atoms with E-state index in [0.717, 1.165) is 17.4 Å². The number of amides is 1. The Morgan fingerprint density at radius 1 is 1.00 bits per heavy atom. The van der Waals surface area contributed by atoms with Crippen LogP contribution in [0.4, 0.5) is 13.2 Å². The molecule has 1 aliphatic rings. The van der Waals surface area contributed by atoms with Crippen LogP contribution in [0.1, 0.15) is 41.3 Å². The fraction of sp³-hybridized carbons (Fsp3) is 0.367. The molecule has 0 radical (unpaired) electrons. The van der Waals surface area contributed by atoms with Gasteiger partial charge in [0.2, 0.25) is 0 Å². The zero-order chi connectivity index (χ0) is 26.5. The van der Waals surface area contributed by atoms with Gasteiger partial charge in [-0.2, -0.15) is 0 Å². The molecule has 0 aliphatic carbocycles. The molecule has 0 saturated carbocycles. The second-order valence-corrected chi connectivity index (χ2v) is 10.2. The number of hydrogen-bond donors (Lipinski definition) is 0. The fourth-order valence-electron chi connectivity index (χ4n) is 5.16. The molecule has 37 heavy (non-hydrogen) atoms. The summed E-state index contributed by atoms with van der Waals surface area (Å²) in [6.45, 7) is 7.09. The van der Waals surface area contributed by atoms with Crippen LogP contribution >= 0.6 is 0 Å². The number of ether oxygens (including phenoxy) is 1. The van der Waals surface area contributed by atoms with Gasteiger partial charge in [0, 0.05) is 44.2 Å². The molecule has 0 spiro atoms. The summed E-state index contributed by atoms with van der Waals surface area (Å²) in [4.78, 5) is 17.5. The van der Waals surface area contributed by atoms with Crippen molar-refractivity contribution in [2.24, 2.45) is 11.8 Å². The van der Waals surface area contributed by atoms with Gasteiger partial charge in [0.15, 0.2) is 11.6 Å². The van der Waals surface area contributed by atoms with E-state index in [2.05, 4.69) is 24.8 Å². The molecule has 0 unspecified atom stereocenters. The molecule has 4 nitrogen and oxygen atoms in total. The smallest absolute Gasteiger partial charge is 0.253 e. The summed E-state index contributed by atoms with van der Waals surface area (Å²) >= 11 is 0. The number of carbonyl (C=O) groups is 1. The predicted molar refractivity (Wildman–Crippen MR) is 138 cm³/mol. The van der Waals surface area contributed by atoms with Crippen LogP contribution in [0.3, 0.4) is 0 Å². The number of rotatable bonds is 9. The van der Waals surface area contributed by atoms with E-state index in [1.54, 1.807) is 13.2 Å². The van der Waals surface area contributed by atoms with E-state index in [4.69, 9.17) is 4.74 Å². The number of hydrogen-bond acceptors (Lipinski definition) is 3. The highest BCUT2D eigenvalue weighted by atomic mass is 19.2. The van der Waals surface area contributed by atoms with Crippen molar-refractivity contribution in [2.75, 3.05) is 33.3 Å². The zero-order valence-corrected chi connectivity index (χ0v) is 21.5. The van der Waals surface area contributed by atoms with Crippen molar-refractivity contribution in [3.8, 4) is 5.75 Å². The molecule has 1 heterocycles. The van der Waals surface area contributed by atoms with Crippen molar-refractivity contribution in [1.82, 2.24) is 9.80 Å². The monoisotopic (exact) mass is 510 g/mol. The van der Waals surface area contributed by atoms with Gasteiger partial charge in [-0.25, -0.2) is 13.2 Å². The number of carbonyl (C=O) groups excluding carboxylic acids is 1. The topological polar surface area (TPSA) is 32.8 Å². The fourth-order valence-corrected chi connectivity index (χ4v) is 5.16. The maximum atomic E-state index is 13.8. The first-order valence-corrected chi connectivity index (χ1v) is 12.6. The molecule has 1 aliphatic heterocycles. The number of methoxy groups -OCH3 is 1. The maximum absolute atomic E-state index is 13.8. The Labute approximate surface area is 216 Å². The summed E-state index contributed by atoms with van der Waals surface area (Å²) in [7, 11) is 1.63. The van der Waals surface area contributed by atoms with E-state index in [-0.39, 0.29) is 29.5 Å². The average molecular weight is 511 g/mol. The third-order valence-electron chi connectivity index (χ3n) is 6.85. The highest BCUT2D eigenvalue weighted by Crippen LogP contribution is 2.36. The first kappa shape index (κ1) is 26.7. The van der Waals surface area contributed by atoms with Crippen molar-refractivity contribution < 1.29 is 22.7 Å². The second-order valence-electron chi connectivity index (χ2n) is 10.2. The van der Waals surface area contributed by atoms with Crippen LogP contribution in [-0.4, -0.2) is 49.0 Å². The Kier molecular flexibility index (Phi) is 8.54. The van der Waals surface area contributed by atoms with Crippen molar-refractivity contribution in [3.05, 3.63) is 101 Å². The van der Waals surface area contributed by atoms with Crippen LogP contribution in [0.15, 0.2) is 66.7 Å². The van der Waals surface area contributed by atoms with Gasteiger partial charge in [-0.05, 0) is 71.5 Å². The van der Waals surface area contributed by atoms with Gasteiger partial charge in [0.25, 0.3) is 5.91 Å². The highest BCUT2D eigenvalue weighted by Gasteiger charge is 2.36. The maximum Gasteiger partial charge on any atom is 0.253 e. The molecule has 4 rings (SSSR count). The molecule has 7 heteroatoms. The molecule has 196 valence electrons. The van der Waals surface area contributed by atoms with Crippen molar-refractivity contribution in [1.29, 1.82) is 0 Å². The van der Waals surface area contributed by atoms with Gasteiger partial charge in [-0.1, -0.05) is 32.0 Å². The first-order valence-electron chi connectivity index (χ1n) is 12.6. The lowest BCUT2D eigenvalue weighted by Gasteiger charge is -2.30. The van der Waals surface area contributed by atoms with Gasteiger partial charge >= 0.3 is 0 Å². The van der Waals surface area contributed by atoms with Crippen LogP contribution in [0.5, 0.6) is 5.75 Å². The number of benzene rings is 3. The van der Waals surface area contributed by atoms with Gasteiger partial charge in [0.05, 0.1) is 7.11 Å². The van der Waals surface area contributed by atoms with Crippen LogP contribution in [0, 0.1) is 29.3 Å². The summed E-state index contributed by atoms with van der Waals surface area (Å²) in [6, 6.07) is 17.6. The van der Waals surface area contributed by atoms with Crippen LogP contribution in [0.2, 0.25) is 0 Å². The van der Waals surface area contributed by atoms with Crippen molar-refractivity contribution in [3.63, 3.8) is 0 Å². The molecule has 1 amide bonds. The molecular formula is C30H33F3N2O2. The minimum Gasteiger partial charge on any atom is -0.497 e. The second kappa shape index (κ2) is 11.8. The first-order chi connectivity index (χ1) is 17.7. The Bertz CT molecular complexity index is 1220. The number of nitrogens with zero attached hydrogens (tertiary/aromatic N) is 2. The van der Waals surface area contributed by atoms with Crippen LogP contribution in [-0.2, 0) is 6.54 Å². The van der Waals surface area contributed by atoms with E-state index < -0.39 is 11.6 Å². The molecule has 2 atom stereocenters. The molecule has 1 fully saturated rings. The van der Waals surface area contributed by atoms with Crippen molar-refractivity contribution >= 4 is 5.91 Å². The Morgan fingerprint density at radius 3 is 2.43 bits per heavy atom. The normalized spacial score (nSPS) is 17.8. The molecule has 0 bridgehead atoms. The lowest BCUT2D eigenvalue weighted by Crippen LogP contribution is -2.39. The Hall–Kier alpha value is -3.32. The van der Waals surface area contributed by atoms with Crippen molar-refractivity contribution in [2.45, 2.75) is 26.3 Å². The third-order valence-corrected chi connectivity index (χ3v) is 6.85. The van der Waals surface area contributed by atoms with E-state index >= 15 is 0 Å².